The molecule has 1 N–H and O–H groups in total. The minimum absolute atomic E-state index is 0.0765. The molecule has 3 aliphatic carbocycles. The fourth-order valence-electron chi connectivity index (χ4n) is 7.63. The van der Waals surface area contributed by atoms with Crippen LogP contribution in [0.4, 0.5) is 0 Å². The van der Waals surface area contributed by atoms with Crippen molar-refractivity contribution in [2.24, 2.45) is 11.8 Å². The molecule has 2 bridgehead atoms. The monoisotopic (exact) mass is 417 g/mol. The van der Waals surface area contributed by atoms with Crippen LogP contribution in [0.1, 0.15) is 48.3 Å². The summed E-state index contributed by atoms with van der Waals surface area (Å²) in [6.45, 7) is 2.37. The summed E-state index contributed by atoms with van der Waals surface area (Å²) in [6, 6.07) is 15.5. The van der Waals surface area contributed by atoms with Crippen LogP contribution in [0.3, 0.4) is 0 Å². The molecular weight excluding hydrogens is 386 g/mol. The van der Waals surface area contributed by atoms with Crippen LogP contribution < -0.4 is 9.47 Å². The second-order valence-electron chi connectivity index (χ2n) is 10.5. The molecule has 4 heteroatoms. The molecule has 0 aromatic heterocycles. The maximum absolute atomic E-state index is 11.7. The average Bonchev–Trinajstić information content (AvgIpc) is 3.55. The number of likely N-dealkylation sites (tertiary alicyclic amines) is 1. The van der Waals surface area contributed by atoms with E-state index >= 15 is 0 Å². The molecule has 2 heterocycles. The Kier molecular flexibility index (Phi) is 3.88. The zero-order chi connectivity index (χ0) is 20.7. The van der Waals surface area contributed by atoms with Crippen molar-refractivity contribution < 1.29 is 14.6 Å². The number of hydrogen-bond acceptors (Lipinski definition) is 4. The van der Waals surface area contributed by atoms with Gasteiger partial charge in [-0.3, -0.25) is 4.90 Å². The highest BCUT2D eigenvalue weighted by atomic mass is 16.5. The van der Waals surface area contributed by atoms with Crippen LogP contribution >= 0.6 is 0 Å². The summed E-state index contributed by atoms with van der Waals surface area (Å²) < 4.78 is 12.4. The van der Waals surface area contributed by atoms with Gasteiger partial charge in [0.25, 0.3) is 0 Å². The Hall–Kier alpha value is -2.04. The van der Waals surface area contributed by atoms with Crippen LogP contribution in [-0.4, -0.2) is 48.5 Å². The topological polar surface area (TPSA) is 41.9 Å². The van der Waals surface area contributed by atoms with E-state index in [0.717, 1.165) is 43.2 Å². The molecule has 4 nitrogen and oxygen atoms in total. The molecule has 3 fully saturated rings. The summed E-state index contributed by atoms with van der Waals surface area (Å²) in [5.74, 6) is 3.27. The molecule has 2 aliphatic heterocycles. The molecular formula is C27H31NO3. The molecule has 7 rings (SSSR count). The number of piperidine rings is 1. The number of hydrogen-bond donors (Lipinski definition) is 1. The van der Waals surface area contributed by atoms with Crippen LogP contribution in [0.5, 0.6) is 11.5 Å². The minimum Gasteiger partial charge on any atom is -0.493 e. The maximum atomic E-state index is 11.7. The van der Waals surface area contributed by atoms with Gasteiger partial charge in [-0.05, 0) is 67.7 Å². The van der Waals surface area contributed by atoms with E-state index < -0.39 is 6.10 Å². The van der Waals surface area contributed by atoms with E-state index in [1.54, 1.807) is 7.11 Å². The van der Waals surface area contributed by atoms with Gasteiger partial charge in [0.2, 0.25) is 0 Å². The SMILES string of the molecule is COc1ccc2c3c1O[C@H]1[C@@H](O)[C@@H](c4ccccc4)CC4[C@@H](C2)N(CC2CC2)CC[C@@]341. The number of methoxy groups -OCH3 is 1. The van der Waals surface area contributed by atoms with Crippen molar-refractivity contribution in [2.75, 3.05) is 20.2 Å². The highest BCUT2D eigenvalue weighted by Crippen LogP contribution is 2.65. The predicted molar refractivity (Wildman–Crippen MR) is 119 cm³/mol. The second kappa shape index (κ2) is 6.49. The molecule has 0 amide bonds. The van der Waals surface area contributed by atoms with Crippen LogP contribution in [0.2, 0.25) is 0 Å². The standard InChI is InChI=1S/C27H31NO3/c1-30-22-10-9-18-13-21-20-14-19(17-5-3-2-4-6-17)24(29)26-27(20,23(18)25(22)31-26)11-12-28(21)15-16-7-8-16/h2-6,9-10,16,19-21,24,26,29H,7-8,11-15H2,1H3/t19-,20?,21-,24+,26+,27+/m1/s1. The molecule has 2 aromatic rings. The molecule has 0 radical (unpaired) electrons. The van der Waals surface area contributed by atoms with Crippen molar-refractivity contribution in [1.82, 2.24) is 4.90 Å². The normalized spacial score (nSPS) is 37.8. The third-order valence-corrected chi connectivity index (χ3v) is 9.13. The minimum atomic E-state index is -0.502. The van der Waals surface area contributed by atoms with Crippen molar-refractivity contribution in [2.45, 2.75) is 61.7 Å². The zero-order valence-electron chi connectivity index (χ0n) is 18.2. The average molecular weight is 418 g/mol. The number of aliphatic hydroxyl groups is 1. The van der Waals surface area contributed by atoms with Gasteiger partial charge in [-0.1, -0.05) is 36.4 Å². The number of nitrogens with zero attached hydrogens (tertiary/aromatic N) is 1. The predicted octanol–water partition coefficient (Wildman–Crippen LogP) is 3.90. The van der Waals surface area contributed by atoms with Crippen molar-refractivity contribution in [3.05, 3.63) is 59.2 Å². The van der Waals surface area contributed by atoms with Crippen LogP contribution in [0.15, 0.2) is 42.5 Å². The third-order valence-electron chi connectivity index (χ3n) is 9.13. The first-order chi connectivity index (χ1) is 15.2. The van der Waals surface area contributed by atoms with Crippen molar-refractivity contribution in [1.29, 1.82) is 0 Å². The number of aliphatic hydroxyl groups excluding tert-OH is 1. The van der Waals surface area contributed by atoms with Crippen LogP contribution in [-0.2, 0) is 11.8 Å². The Labute approximate surface area is 184 Å². The van der Waals surface area contributed by atoms with E-state index in [1.807, 2.05) is 0 Å². The van der Waals surface area contributed by atoms with Gasteiger partial charge in [0.1, 0.15) is 6.10 Å². The Balaban J connectivity index is 1.38. The first kappa shape index (κ1) is 18.5. The molecule has 31 heavy (non-hydrogen) atoms. The molecule has 1 spiro atoms. The lowest BCUT2D eigenvalue weighted by Crippen LogP contribution is -2.68. The van der Waals surface area contributed by atoms with E-state index in [1.165, 1.54) is 36.1 Å². The Morgan fingerprint density at radius 2 is 2.00 bits per heavy atom. The molecule has 6 atom stereocenters. The summed E-state index contributed by atoms with van der Waals surface area (Å²) >= 11 is 0. The van der Waals surface area contributed by atoms with Crippen molar-refractivity contribution in [3.8, 4) is 11.5 Å². The van der Waals surface area contributed by atoms with E-state index in [9.17, 15) is 5.11 Å². The highest BCUT2D eigenvalue weighted by Gasteiger charge is 2.67. The molecule has 5 aliphatic rings. The summed E-state index contributed by atoms with van der Waals surface area (Å²) in [5.41, 5.74) is 3.96. The summed E-state index contributed by atoms with van der Waals surface area (Å²) in [6.07, 6.45) is 5.32. The quantitative estimate of drug-likeness (QED) is 0.819. The molecule has 2 aromatic carbocycles. The second-order valence-corrected chi connectivity index (χ2v) is 10.5. The van der Waals surface area contributed by atoms with Crippen LogP contribution in [0, 0.1) is 11.8 Å². The fourth-order valence-corrected chi connectivity index (χ4v) is 7.63. The van der Waals surface area contributed by atoms with Gasteiger partial charge in [-0.2, -0.15) is 0 Å². The summed E-state index contributed by atoms with van der Waals surface area (Å²) in [4.78, 5) is 2.80. The first-order valence-corrected chi connectivity index (χ1v) is 12.0. The van der Waals surface area contributed by atoms with Crippen molar-refractivity contribution in [3.63, 3.8) is 0 Å². The lowest BCUT2D eigenvalue weighted by molar-refractivity contribution is -0.114. The molecule has 2 saturated carbocycles. The Morgan fingerprint density at radius 3 is 2.77 bits per heavy atom. The van der Waals surface area contributed by atoms with E-state index in [2.05, 4.69) is 47.4 Å². The van der Waals surface area contributed by atoms with Gasteiger partial charge >= 0.3 is 0 Å². The van der Waals surface area contributed by atoms with Gasteiger partial charge in [-0.15, -0.1) is 0 Å². The largest absolute Gasteiger partial charge is 0.493 e. The van der Waals surface area contributed by atoms with E-state index in [0.29, 0.717) is 12.0 Å². The van der Waals surface area contributed by atoms with E-state index in [4.69, 9.17) is 9.47 Å². The van der Waals surface area contributed by atoms with Crippen molar-refractivity contribution >= 4 is 0 Å². The fraction of sp³-hybridized carbons (Fsp3) is 0.556. The van der Waals surface area contributed by atoms with Crippen LogP contribution in [0.25, 0.3) is 0 Å². The molecule has 1 saturated heterocycles. The number of rotatable bonds is 4. The lowest BCUT2D eigenvalue weighted by atomic mass is 9.49. The van der Waals surface area contributed by atoms with Gasteiger partial charge in [-0.25, -0.2) is 0 Å². The van der Waals surface area contributed by atoms with Gasteiger partial charge < -0.3 is 14.6 Å². The van der Waals surface area contributed by atoms with Gasteiger partial charge in [0, 0.05) is 29.5 Å². The lowest BCUT2D eigenvalue weighted by Gasteiger charge is -2.60. The zero-order valence-corrected chi connectivity index (χ0v) is 18.2. The van der Waals surface area contributed by atoms with Gasteiger partial charge in [0.15, 0.2) is 11.5 Å². The number of ether oxygens (including phenoxy) is 2. The van der Waals surface area contributed by atoms with E-state index in [-0.39, 0.29) is 17.4 Å². The summed E-state index contributed by atoms with van der Waals surface area (Å²) in [7, 11) is 1.73. The smallest absolute Gasteiger partial charge is 0.165 e. The summed E-state index contributed by atoms with van der Waals surface area (Å²) in [5, 5.41) is 11.7. The Morgan fingerprint density at radius 1 is 1.16 bits per heavy atom. The van der Waals surface area contributed by atoms with Gasteiger partial charge in [0.05, 0.1) is 13.2 Å². The number of benzene rings is 2. The first-order valence-electron chi connectivity index (χ1n) is 12.0. The molecule has 162 valence electrons. The highest BCUT2D eigenvalue weighted by molar-refractivity contribution is 5.61. The maximum Gasteiger partial charge on any atom is 0.165 e. The third kappa shape index (κ3) is 2.44. The Bertz CT molecular complexity index is 1020. The molecule has 1 unspecified atom stereocenters.